The lowest BCUT2D eigenvalue weighted by Crippen LogP contribution is -2.12. The van der Waals surface area contributed by atoms with Crippen LogP contribution in [0.4, 0.5) is 0 Å². The van der Waals surface area contributed by atoms with Gasteiger partial charge in [-0.25, -0.2) is 0 Å². The highest BCUT2D eigenvalue weighted by molar-refractivity contribution is 5.84. The van der Waals surface area contributed by atoms with Gasteiger partial charge in [0.2, 0.25) is 0 Å². The maximum atomic E-state index is 12.3. The van der Waals surface area contributed by atoms with Crippen LogP contribution < -0.4 is 0 Å². The molecule has 0 spiro atoms. The lowest BCUT2D eigenvalue weighted by Gasteiger charge is -2.19. The Morgan fingerprint density at radius 1 is 0.455 bits per heavy atom. The van der Waals surface area contributed by atoms with E-state index in [1.54, 1.807) is 0 Å². The second-order valence-electron chi connectivity index (χ2n) is 14.5. The molecule has 0 saturated carbocycles. The Balaban J connectivity index is 0.000000244. The van der Waals surface area contributed by atoms with Crippen molar-refractivity contribution < 1.29 is 9.59 Å². The Labute approximate surface area is 267 Å². The molecule has 0 atom stereocenters. The molecule has 0 heterocycles. The Kier molecular flexibility index (Phi) is 11.7. The Morgan fingerprint density at radius 3 is 1.07 bits per heavy atom. The van der Waals surface area contributed by atoms with Crippen molar-refractivity contribution in [3.8, 4) is 0 Å². The lowest BCUT2D eigenvalue weighted by atomic mass is 9.86. The predicted molar refractivity (Wildman–Crippen MR) is 187 cm³/mol. The summed E-state index contributed by atoms with van der Waals surface area (Å²) in [7, 11) is 0. The van der Waals surface area contributed by atoms with Gasteiger partial charge in [0.25, 0.3) is 0 Å². The third-order valence-corrected chi connectivity index (χ3v) is 8.21. The van der Waals surface area contributed by atoms with Crippen LogP contribution in [0.15, 0.2) is 84.9 Å². The predicted octanol–water partition coefficient (Wildman–Crippen LogP) is 9.91. The monoisotopic (exact) mass is 588 g/mol. The molecule has 0 aromatic heterocycles. The molecule has 4 rings (SSSR count). The number of Topliss-reactive ketones (excluding diaryl/α,β-unsaturated/α-hetero) is 2. The number of hydrogen-bond donors (Lipinski definition) is 0. The van der Waals surface area contributed by atoms with Crippen LogP contribution >= 0.6 is 0 Å². The minimum atomic E-state index is 0.150. The van der Waals surface area contributed by atoms with E-state index in [1.165, 1.54) is 33.4 Å². The van der Waals surface area contributed by atoms with Gasteiger partial charge in [-0.1, -0.05) is 138 Å². The molecular weight excluding hydrogens is 536 g/mol. The fourth-order valence-corrected chi connectivity index (χ4v) is 5.34. The van der Waals surface area contributed by atoms with Crippen LogP contribution in [0, 0.1) is 27.7 Å². The van der Waals surface area contributed by atoms with Crippen LogP contribution in [0.3, 0.4) is 0 Å². The van der Waals surface area contributed by atoms with Gasteiger partial charge in [0, 0.05) is 25.7 Å². The molecule has 2 nitrogen and oxygen atoms in total. The van der Waals surface area contributed by atoms with Crippen molar-refractivity contribution in [2.75, 3.05) is 0 Å². The third kappa shape index (κ3) is 10.7. The molecule has 0 saturated heterocycles. The van der Waals surface area contributed by atoms with Gasteiger partial charge < -0.3 is 0 Å². The summed E-state index contributed by atoms with van der Waals surface area (Å²) in [6, 6.07) is 29.5. The molecule has 44 heavy (non-hydrogen) atoms. The number of hydrogen-bond acceptors (Lipinski definition) is 2. The normalized spacial score (nSPS) is 11.5. The van der Waals surface area contributed by atoms with Crippen molar-refractivity contribution in [3.05, 3.63) is 141 Å². The molecule has 0 aliphatic rings. The topological polar surface area (TPSA) is 34.1 Å². The fraction of sp³-hybridized carbons (Fsp3) is 0.381. The fourth-order valence-electron chi connectivity index (χ4n) is 5.34. The lowest BCUT2D eigenvalue weighted by molar-refractivity contribution is -0.118. The molecular formula is C42H52O2. The van der Waals surface area contributed by atoms with Gasteiger partial charge >= 0.3 is 0 Å². The Hall–Kier alpha value is -3.78. The van der Waals surface area contributed by atoms with Crippen LogP contribution in [0.1, 0.15) is 97.2 Å². The first-order valence-corrected chi connectivity index (χ1v) is 15.9. The maximum Gasteiger partial charge on any atom is 0.141 e. The molecule has 0 fully saturated rings. The molecule has 2 heteroatoms. The van der Waals surface area contributed by atoms with E-state index in [1.807, 2.05) is 0 Å². The number of rotatable bonds is 8. The third-order valence-electron chi connectivity index (χ3n) is 8.21. The summed E-state index contributed by atoms with van der Waals surface area (Å²) < 4.78 is 0. The minimum absolute atomic E-state index is 0.150. The smallest absolute Gasteiger partial charge is 0.141 e. The SMILES string of the molecule is CC(C)(C)c1ccc(CC(=O)Cc2ccc(C(C)(C)C)cc2)cc1.Cc1ccc(CC(=O)Cc2ccc(C)cc2C)c(C)c1. The van der Waals surface area contributed by atoms with E-state index >= 15 is 0 Å². The minimum Gasteiger partial charge on any atom is -0.299 e. The second-order valence-corrected chi connectivity index (χ2v) is 14.5. The van der Waals surface area contributed by atoms with E-state index in [-0.39, 0.29) is 22.4 Å². The van der Waals surface area contributed by atoms with Crippen LogP contribution in [0.5, 0.6) is 0 Å². The Bertz CT molecular complexity index is 1440. The number of ketones is 2. The molecule has 0 unspecified atom stereocenters. The van der Waals surface area contributed by atoms with Gasteiger partial charge in [-0.05, 0) is 83.0 Å². The highest BCUT2D eigenvalue weighted by Crippen LogP contribution is 2.24. The molecule has 4 aromatic rings. The summed E-state index contributed by atoms with van der Waals surface area (Å²) in [5, 5.41) is 0. The summed E-state index contributed by atoms with van der Waals surface area (Å²) in [4.78, 5) is 24.6. The van der Waals surface area contributed by atoms with Gasteiger partial charge in [0.05, 0.1) is 0 Å². The largest absolute Gasteiger partial charge is 0.299 e. The molecule has 4 aromatic carbocycles. The zero-order valence-electron chi connectivity index (χ0n) is 28.7. The van der Waals surface area contributed by atoms with E-state index in [0.717, 1.165) is 22.3 Å². The van der Waals surface area contributed by atoms with E-state index < -0.39 is 0 Å². The van der Waals surface area contributed by atoms with Crippen molar-refractivity contribution in [2.24, 2.45) is 0 Å². The van der Waals surface area contributed by atoms with Crippen molar-refractivity contribution in [2.45, 2.75) is 106 Å². The molecule has 0 aliphatic carbocycles. The van der Waals surface area contributed by atoms with Gasteiger partial charge in [0.1, 0.15) is 11.6 Å². The zero-order valence-corrected chi connectivity index (χ0v) is 28.7. The van der Waals surface area contributed by atoms with E-state index in [0.29, 0.717) is 25.7 Å². The number of benzene rings is 4. The number of carbonyl (C=O) groups excluding carboxylic acids is 2. The highest BCUT2D eigenvalue weighted by atomic mass is 16.1. The summed E-state index contributed by atoms with van der Waals surface area (Å²) in [5.41, 5.74) is 12.3. The van der Waals surface area contributed by atoms with Crippen LogP contribution in [-0.2, 0) is 46.1 Å². The van der Waals surface area contributed by atoms with Gasteiger partial charge in [-0.3, -0.25) is 9.59 Å². The van der Waals surface area contributed by atoms with Crippen LogP contribution in [-0.4, -0.2) is 11.6 Å². The first-order chi connectivity index (χ1) is 20.5. The maximum absolute atomic E-state index is 12.3. The van der Waals surface area contributed by atoms with Gasteiger partial charge in [0.15, 0.2) is 0 Å². The molecule has 232 valence electrons. The summed E-state index contributed by atoms with van der Waals surface area (Å²) >= 11 is 0. The van der Waals surface area contributed by atoms with E-state index in [4.69, 9.17) is 0 Å². The zero-order chi connectivity index (χ0) is 32.7. The van der Waals surface area contributed by atoms with Crippen molar-refractivity contribution in [1.82, 2.24) is 0 Å². The molecule has 0 N–H and O–H groups in total. The average Bonchev–Trinajstić information content (AvgIpc) is 2.92. The summed E-state index contributed by atoms with van der Waals surface area (Å²) in [6.45, 7) is 21.5. The van der Waals surface area contributed by atoms with E-state index in [9.17, 15) is 9.59 Å². The standard InChI is InChI=1S/C23H30O.C19H22O/c1-22(2,3)19-11-7-17(8-12-19)15-21(24)16-18-9-13-20(14-10-18)23(4,5)6;1-13-5-7-17(15(3)9-13)11-19(20)12-18-8-6-14(2)10-16(18)4/h7-14H,15-16H2,1-6H3;5-10H,11-12H2,1-4H3. The second kappa shape index (κ2) is 14.8. The number of carbonyl (C=O) groups is 2. The van der Waals surface area contributed by atoms with Crippen molar-refractivity contribution in [1.29, 1.82) is 0 Å². The number of aryl methyl sites for hydroxylation is 4. The molecule has 0 bridgehead atoms. The van der Waals surface area contributed by atoms with Crippen LogP contribution in [0.2, 0.25) is 0 Å². The summed E-state index contributed by atoms with van der Waals surface area (Å²) in [6.07, 6.45) is 2.07. The first kappa shape index (κ1) is 34.7. The molecule has 0 aliphatic heterocycles. The molecule has 0 radical (unpaired) electrons. The van der Waals surface area contributed by atoms with E-state index in [2.05, 4.69) is 154 Å². The van der Waals surface area contributed by atoms with Crippen molar-refractivity contribution >= 4 is 11.6 Å². The average molecular weight is 589 g/mol. The highest BCUT2D eigenvalue weighted by Gasteiger charge is 2.15. The Morgan fingerprint density at radius 2 is 0.773 bits per heavy atom. The quantitative estimate of drug-likeness (QED) is 0.205. The first-order valence-electron chi connectivity index (χ1n) is 15.9. The van der Waals surface area contributed by atoms with Crippen LogP contribution in [0.25, 0.3) is 0 Å². The van der Waals surface area contributed by atoms with Crippen molar-refractivity contribution in [3.63, 3.8) is 0 Å². The van der Waals surface area contributed by atoms with Gasteiger partial charge in [-0.15, -0.1) is 0 Å². The molecule has 0 amide bonds. The summed E-state index contributed by atoms with van der Waals surface area (Å²) in [5.74, 6) is 0.547. The van der Waals surface area contributed by atoms with Gasteiger partial charge in [-0.2, -0.15) is 0 Å².